The highest BCUT2D eigenvalue weighted by atomic mass is 35.5. The summed E-state index contributed by atoms with van der Waals surface area (Å²) < 4.78 is 0. The van der Waals surface area contributed by atoms with E-state index in [1.54, 1.807) is 6.20 Å². The maximum atomic E-state index is 13.0. The third-order valence-corrected chi connectivity index (χ3v) is 5.28. The molecule has 120 valence electrons. The average molecular weight is 330 g/mol. The Morgan fingerprint density at radius 3 is 2.83 bits per heavy atom. The molecule has 2 aromatic rings. The minimum absolute atomic E-state index is 0.109. The molecule has 5 heteroatoms. The second kappa shape index (κ2) is 6.00. The first-order valence-corrected chi connectivity index (χ1v) is 8.67. The van der Waals surface area contributed by atoms with E-state index in [0.29, 0.717) is 5.92 Å². The lowest BCUT2D eigenvalue weighted by molar-refractivity contribution is -0.136. The van der Waals surface area contributed by atoms with Crippen molar-refractivity contribution < 1.29 is 4.79 Å². The van der Waals surface area contributed by atoms with E-state index in [-0.39, 0.29) is 17.9 Å². The number of aromatic nitrogens is 2. The standard InChI is InChI=1S/C18H20ClN3O/c19-13-6-4-12(5-7-13)14-11-15(14)18(23)22-10-2-1-3-16(22)17-20-8-9-21-17/h4-9,14-16H,1-3,10-11H2,(H,20,21)/t14-,15+,16-/m0/s1. The third-order valence-electron chi connectivity index (χ3n) is 5.03. The van der Waals surface area contributed by atoms with Gasteiger partial charge in [0, 0.05) is 29.9 Å². The molecule has 1 aromatic heterocycles. The zero-order valence-electron chi connectivity index (χ0n) is 12.9. The molecular formula is C18H20ClN3O. The quantitative estimate of drug-likeness (QED) is 0.927. The number of nitrogens with zero attached hydrogens (tertiary/aromatic N) is 2. The van der Waals surface area contributed by atoms with E-state index < -0.39 is 0 Å². The minimum atomic E-state index is 0.109. The van der Waals surface area contributed by atoms with E-state index in [0.717, 1.165) is 43.1 Å². The Kier molecular flexibility index (Phi) is 3.85. The number of halogens is 1. The summed E-state index contributed by atoms with van der Waals surface area (Å²) in [5.74, 6) is 1.67. The fourth-order valence-electron chi connectivity index (χ4n) is 3.70. The molecule has 4 rings (SSSR count). The highest BCUT2D eigenvalue weighted by molar-refractivity contribution is 6.30. The maximum Gasteiger partial charge on any atom is 0.226 e. The van der Waals surface area contributed by atoms with Crippen molar-refractivity contribution >= 4 is 17.5 Å². The summed E-state index contributed by atoms with van der Waals surface area (Å²) in [5.41, 5.74) is 1.22. The van der Waals surface area contributed by atoms with E-state index in [1.165, 1.54) is 5.56 Å². The molecule has 1 saturated carbocycles. The number of likely N-dealkylation sites (tertiary alicyclic amines) is 1. The molecule has 0 radical (unpaired) electrons. The van der Waals surface area contributed by atoms with Crippen molar-refractivity contribution in [1.82, 2.24) is 14.9 Å². The van der Waals surface area contributed by atoms with Gasteiger partial charge in [0.15, 0.2) is 0 Å². The summed E-state index contributed by atoms with van der Waals surface area (Å²) in [4.78, 5) is 22.6. The predicted octanol–water partition coefficient (Wildman–Crippen LogP) is 3.92. The van der Waals surface area contributed by atoms with Gasteiger partial charge in [0.05, 0.1) is 6.04 Å². The molecule has 2 aliphatic rings. The van der Waals surface area contributed by atoms with Gasteiger partial charge in [-0.1, -0.05) is 23.7 Å². The second-order valence-electron chi connectivity index (χ2n) is 6.52. The molecule has 2 fully saturated rings. The van der Waals surface area contributed by atoms with Crippen LogP contribution in [-0.2, 0) is 4.79 Å². The number of hydrogen-bond donors (Lipinski definition) is 1. The molecule has 0 unspecified atom stereocenters. The molecule has 3 atom stereocenters. The molecule has 4 nitrogen and oxygen atoms in total. The number of carbonyl (C=O) groups excluding carboxylic acids is 1. The van der Waals surface area contributed by atoms with Gasteiger partial charge in [-0.2, -0.15) is 0 Å². The molecule has 0 bridgehead atoms. The molecule has 1 aliphatic heterocycles. The summed E-state index contributed by atoms with van der Waals surface area (Å²) in [6.07, 6.45) is 7.78. The van der Waals surface area contributed by atoms with Gasteiger partial charge in [0.1, 0.15) is 5.82 Å². The molecule has 1 amide bonds. The smallest absolute Gasteiger partial charge is 0.226 e. The highest BCUT2D eigenvalue weighted by Gasteiger charge is 2.47. The van der Waals surface area contributed by atoms with Crippen molar-refractivity contribution in [3.05, 3.63) is 53.1 Å². The Bertz CT molecular complexity index is 683. The number of imidazole rings is 1. The molecule has 1 saturated heterocycles. The SMILES string of the molecule is O=C([C@@H]1C[C@H]1c1ccc(Cl)cc1)N1CCCC[C@H]1c1ncc[nH]1. The molecule has 1 aliphatic carbocycles. The Hall–Kier alpha value is -1.81. The van der Waals surface area contributed by atoms with Crippen molar-refractivity contribution in [2.75, 3.05) is 6.54 Å². The Labute approximate surface area is 140 Å². The number of hydrogen-bond acceptors (Lipinski definition) is 2. The number of carbonyl (C=O) groups is 1. The van der Waals surface area contributed by atoms with Gasteiger partial charge in [-0.15, -0.1) is 0 Å². The number of rotatable bonds is 3. The van der Waals surface area contributed by atoms with Crippen molar-refractivity contribution in [2.45, 2.75) is 37.6 Å². The number of piperidine rings is 1. The zero-order valence-corrected chi connectivity index (χ0v) is 13.7. The van der Waals surface area contributed by atoms with Gasteiger partial charge in [0.2, 0.25) is 5.91 Å². The summed E-state index contributed by atoms with van der Waals surface area (Å²) >= 11 is 5.95. The third kappa shape index (κ3) is 2.88. The van der Waals surface area contributed by atoms with Crippen LogP contribution in [0.1, 0.15) is 49.0 Å². The highest BCUT2D eigenvalue weighted by Crippen LogP contribution is 2.49. The first-order valence-electron chi connectivity index (χ1n) is 8.29. The van der Waals surface area contributed by atoms with Crippen LogP contribution >= 0.6 is 11.6 Å². The van der Waals surface area contributed by atoms with Crippen LogP contribution in [0, 0.1) is 5.92 Å². The summed E-state index contributed by atoms with van der Waals surface area (Å²) in [5, 5.41) is 0.742. The molecule has 23 heavy (non-hydrogen) atoms. The van der Waals surface area contributed by atoms with Crippen molar-refractivity contribution in [2.24, 2.45) is 5.92 Å². The Balaban J connectivity index is 1.49. The molecule has 2 heterocycles. The van der Waals surface area contributed by atoms with Crippen LogP contribution in [0.4, 0.5) is 0 Å². The first-order chi connectivity index (χ1) is 11.2. The monoisotopic (exact) mass is 329 g/mol. The van der Waals surface area contributed by atoms with Crippen molar-refractivity contribution in [3.63, 3.8) is 0 Å². The van der Waals surface area contributed by atoms with Crippen molar-refractivity contribution in [1.29, 1.82) is 0 Å². The summed E-state index contributed by atoms with van der Waals surface area (Å²) in [7, 11) is 0. The van der Waals surface area contributed by atoms with Crippen LogP contribution < -0.4 is 0 Å². The average Bonchev–Trinajstić information content (AvgIpc) is 3.19. The fourth-order valence-corrected chi connectivity index (χ4v) is 3.82. The number of aromatic amines is 1. The van der Waals surface area contributed by atoms with Crippen LogP contribution in [0.25, 0.3) is 0 Å². The number of nitrogens with one attached hydrogen (secondary N) is 1. The van der Waals surface area contributed by atoms with Gasteiger partial charge >= 0.3 is 0 Å². The zero-order chi connectivity index (χ0) is 15.8. The van der Waals surface area contributed by atoms with Gasteiger partial charge in [-0.3, -0.25) is 4.79 Å². The lowest BCUT2D eigenvalue weighted by Gasteiger charge is -2.35. The largest absolute Gasteiger partial charge is 0.347 e. The van der Waals surface area contributed by atoms with Crippen LogP contribution in [0.15, 0.2) is 36.7 Å². The Morgan fingerprint density at radius 2 is 2.09 bits per heavy atom. The lowest BCUT2D eigenvalue weighted by Crippen LogP contribution is -2.40. The fraction of sp³-hybridized carbons (Fsp3) is 0.444. The molecule has 1 N–H and O–H groups in total. The molecular weight excluding hydrogens is 310 g/mol. The van der Waals surface area contributed by atoms with Gasteiger partial charge < -0.3 is 9.88 Å². The van der Waals surface area contributed by atoms with E-state index >= 15 is 0 Å². The van der Waals surface area contributed by atoms with Crippen molar-refractivity contribution in [3.8, 4) is 0 Å². The maximum absolute atomic E-state index is 13.0. The lowest BCUT2D eigenvalue weighted by atomic mass is 10.00. The van der Waals surface area contributed by atoms with E-state index in [4.69, 9.17) is 11.6 Å². The molecule has 1 aromatic carbocycles. The summed E-state index contributed by atoms with van der Waals surface area (Å²) in [6.45, 7) is 0.841. The normalized spacial score (nSPS) is 27.0. The second-order valence-corrected chi connectivity index (χ2v) is 6.95. The number of benzene rings is 1. The van der Waals surface area contributed by atoms with Gasteiger partial charge in [0.25, 0.3) is 0 Å². The number of amides is 1. The topological polar surface area (TPSA) is 49.0 Å². The first kappa shape index (κ1) is 14.8. The Morgan fingerprint density at radius 1 is 1.26 bits per heavy atom. The van der Waals surface area contributed by atoms with Crippen LogP contribution in [0.3, 0.4) is 0 Å². The van der Waals surface area contributed by atoms with Crippen LogP contribution in [0.2, 0.25) is 5.02 Å². The van der Waals surface area contributed by atoms with E-state index in [9.17, 15) is 4.79 Å². The van der Waals surface area contributed by atoms with Gasteiger partial charge in [-0.05, 0) is 49.3 Å². The van der Waals surface area contributed by atoms with Crippen LogP contribution in [-0.4, -0.2) is 27.3 Å². The predicted molar refractivity (Wildman–Crippen MR) is 89.2 cm³/mol. The summed E-state index contributed by atoms with van der Waals surface area (Å²) in [6, 6.07) is 8.01. The number of H-pyrrole nitrogens is 1. The van der Waals surface area contributed by atoms with E-state index in [1.807, 2.05) is 35.4 Å². The van der Waals surface area contributed by atoms with Crippen LogP contribution in [0.5, 0.6) is 0 Å². The minimum Gasteiger partial charge on any atom is -0.347 e. The van der Waals surface area contributed by atoms with Gasteiger partial charge in [-0.25, -0.2) is 4.98 Å². The molecule has 0 spiro atoms. The van der Waals surface area contributed by atoms with E-state index in [2.05, 4.69) is 9.97 Å².